The minimum atomic E-state index is -1.43. The third-order valence-electron chi connectivity index (χ3n) is 3.44. The van der Waals surface area contributed by atoms with Gasteiger partial charge in [-0.25, -0.2) is 4.79 Å². The van der Waals surface area contributed by atoms with E-state index in [9.17, 15) is 9.59 Å². The highest BCUT2D eigenvalue weighted by Crippen LogP contribution is 2.08. The number of unbranched alkanes of at least 4 members (excludes halogenated alkanes) is 7. The van der Waals surface area contributed by atoms with Gasteiger partial charge in [-0.15, -0.1) is 0 Å². The summed E-state index contributed by atoms with van der Waals surface area (Å²) in [6.07, 6.45) is 21.7. The summed E-state index contributed by atoms with van der Waals surface area (Å²) in [5, 5.41) is 17.3. The van der Waals surface area contributed by atoms with Crippen LogP contribution in [-0.2, 0) is 9.59 Å². The van der Waals surface area contributed by atoms with Crippen LogP contribution in [0.15, 0.2) is 48.3 Å². The molecule has 0 saturated carbocycles. The first kappa shape index (κ1) is 21.9. The Morgan fingerprint density at radius 1 is 0.833 bits per heavy atom. The number of carboxylic acid groups (broad SMARTS) is 1. The molecule has 0 aliphatic rings. The molecule has 134 valence electrons. The third-order valence-corrected chi connectivity index (χ3v) is 3.44. The minimum absolute atomic E-state index is 0.128. The van der Waals surface area contributed by atoms with E-state index in [2.05, 4.69) is 13.0 Å². The molecule has 4 nitrogen and oxygen atoms in total. The molecule has 2 N–H and O–H groups in total. The van der Waals surface area contributed by atoms with Crippen molar-refractivity contribution in [2.45, 2.75) is 64.7 Å². The normalized spacial score (nSPS) is 12.6. The maximum atomic E-state index is 11.4. The number of aliphatic hydroxyl groups excluding tert-OH is 1. The molecular weight excluding hydrogens is 304 g/mol. The Labute approximate surface area is 145 Å². The van der Waals surface area contributed by atoms with Gasteiger partial charge in [-0.1, -0.05) is 75.8 Å². The van der Waals surface area contributed by atoms with Gasteiger partial charge in [0.2, 0.25) is 0 Å². The number of aliphatic hydroxyl groups is 1. The van der Waals surface area contributed by atoms with Crippen molar-refractivity contribution in [3.63, 3.8) is 0 Å². The van der Waals surface area contributed by atoms with Crippen LogP contribution in [0.4, 0.5) is 0 Å². The van der Waals surface area contributed by atoms with Crippen molar-refractivity contribution in [3.8, 4) is 0 Å². The molecule has 0 aliphatic carbocycles. The summed E-state index contributed by atoms with van der Waals surface area (Å²) in [7, 11) is 0. The number of carboxylic acids is 1. The molecule has 0 aromatic carbocycles. The van der Waals surface area contributed by atoms with E-state index in [1.54, 1.807) is 12.2 Å². The zero-order valence-corrected chi connectivity index (χ0v) is 14.6. The number of carbonyl (C=O) groups is 2. The fraction of sp³-hybridized carbons (Fsp3) is 0.500. The smallest absolute Gasteiger partial charge is 0.370 e. The number of hydrogen-bond donors (Lipinski definition) is 2. The van der Waals surface area contributed by atoms with Gasteiger partial charge in [0, 0.05) is 6.42 Å². The summed E-state index contributed by atoms with van der Waals surface area (Å²) in [4.78, 5) is 21.7. The Morgan fingerprint density at radius 2 is 1.46 bits per heavy atom. The molecule has 0 rings (SSSR count). The van der Waals surface area contributed by atoms with Crippen LogP contribution in [0, 0.1) is 0 Å². The molecule has 0 aromatic rings. The van der Waals surface area contributed by atoms with Gasteiger partial charge in [0.15, 0.2) is 11.5 Å². The molecule has 0 heterocycles. The lowest BCUT2D eigenvalue weighted by atomic mass is 10.1. The summed E-state index contributed by atoms with van der Waals surface area (Å²) >= 11 is 0. The molecule has 0 unspecified atom stereocenters. The maximum absolute atomic E-state index is 11.4. The van der Waals surface area contributed by atoms with Crippen LogP contribution in [0.3, 0.4) is 0 Å². The Balaban J connectivity index is 3.71. The predicted octanol–water partition coefficient (Wildman–Crippen LogP) is 5.28. The second-order valence-corrected chi connectivity index (χ2v) is 5.65. The average Bonchev–Trinajstić information content (AvgIpc) is 2.56. The zero-order valence-electron chi connectivity index (χ0n) is 14.6. The molecule has 0 aliphatic heterocycles. The van der Waals surface area contributed by atoms with Crippen molar-refractivity contribution in [1.29, 1.82) is 0 Å². The number of hydrogen-bond acceptors (Lipinski definition) is 3. The van der Waals surface area contributed by atoms with E-state index < -0.39 is 11.7 Å². The third kappa shape index (κ3) is 14.8. The van der Waals surface area contributed by atoms with E-state index in [1.165, 1.54) is 51.0 Å². The van der Waals surface area contributed by atoms with E-state index in [4.69, 9.17) is 10.2 Å². The highest BCUT2D eigenvalue weighted by Gasteiger charge is 2.03. The van der Waals surface area contributed by atoms with E-state index in [1.807, 2.05) is 12.2 Å². The highest BCUT2D eigenvalue weighted by atomic mass is 16.4. The molecule has 0 amide bonds. The van der Waals surface area contributed by atoms with Crippen LogP contribution < -0.4 is 0 Å². The quantitative estimate of drug-likeness (QED) is 0.196. The van der Waals surface area contributed by atoms with Gasteiger partial charge in [0.1, 0.15) is 0 Å². The first-order chi connectivity index (χ1) is 11.6. The predicted molar refractivity (Wildman–Crippen MR) is 98.0 cm³/mol. The standard InChI is InChI=1S/C20H30O4/c1-2-3-4-5-6-7-8-9-10-11-12-13-14-15-18(21)16-17-19(22)20(23)24/h10-15,17,22H,2-9,16H2,1H3,(H,23,24). The number of rotatable bonds is 14. The van der Waals surface area contributed by atoms with E-state index in [0.717, 1.165) is 12.5 Å². The second kappa shape index (κ2) is 15.8. The van der Waals surface area contributed by atoms with Crippen molar-refractivity contribution in [2.75, 3.05) is 0 Å². The molecule has 0 radical (unpaired) electrons. The van der Waals surface area contributed by atoms with Gasteiger partial charge in [0.25, 0.3) is 0 Å². The summed E-state index contributed by atoms with van der Waals surface area (Å²) < 4.78 is 0. The van der Waals surface area contributed by atoms with E-state index in [0.29, 0.717) is 0 Å². The topological polar surface area (TPSA) is 74.6 Å². The minimum Gasteiger partial charge on any atom is -0.502 e. The number of carbonyl (C=O) groups excluding carboxylic acids is 1. The van der Waals surface area contributed by atoms with Crippen molar-refractivity contribution in [1.82, 2.24) is 0 Å². The van der Waals surface area contributed by atoms with E-state index in [-0.39, 0.29) is 12.2 Å². The highest BCUT2D eigenvalue weighted by molar-refractivity contribution is 5.92. The largest absolute Gasteiger partial charge is 0.502 e. The van der Waals surface area contributed by atoms with Gasteiger partial charge in [-0.2, -0.15) is 0 Å². The summed E-state index contributed by atoms with van der Waals surface area (Å²) in [5.74, 6) is -2.50. The van der Waals surface area contributed by atoms with Crippen LogP contribution in [0.2, 0.25) is 0 Å². The summed E-state index contributed by atoms with van der Waals surface area (Å²) in [6, 6.07) is 0. The Morgan fingerprint density at radius 3 is 2.12 bits per heavy atom. The number of allylic oxidation sites excluding steroid dienone is 7. The van der Waals surface area contributed by atoms with Gasteiger partial charge >= 0.3 is 5.97 Å². The number of ketones is 1. The van der Waals surface area contributed by atoms with Crippen molar-refractivity contribution >= 4 is 11.8 Å². The van der Waals surface area contributed by atoms with Crippen LogP contribution in [-0.4, -0.2) is 22.0 Å². The van der Waals surface area contributed by atoms with Crippen molar-refractivity contribution in [3.05, 3.63) is 48.3 Å². The van der Waals surface area contributed by atoms with E-state index >= 15 is 0 Å². The molecule has 0 spiro atoms. The summed E-state index contributed by atoms with van der Waals surface area (Å²) in [5.41, 5.74) is 0. The molecular formula is C20H30O4. The molecule has 24 heavy (non-hydrogen) atoms. The fourth-order valence-corrected chi connectivity index (χ4v) is 2.04. The van der Waals surface area contributed by atoms with Crippen LogP contribution in [0.1, 0.15) is 64.7 Å². The van der Waals surface area contributed by atoms with Crippen LogP contribution in [0.25, 0.3) is 0 Å². The first-order valence-electron chi connectivity index (χ1n) is 8.73. The number of aliphatic carboxylic acids is 1. The van der Waals surface area contributed by atoms with Crippen LogP contribution >= 0.6 is 0 Å². The van der Waals surface area contributed by atoms with Gasteiger partial charge < -0.3 is 10.2 Å². The SMILES string of the molecule is CCCCCCCCCC=CC=CC=CC(=O)CC=C(O)C(=O)O. The summed E-state index contributed by atoms with van der Waals surface area (Å²) in [6.45, 7) is 2.23. The zero-order chi connectivity index (χ0) is 18.0. The lowest BCUT2D eigenvalue weighted by Gasteiger charge is -1.98. The van der Waals surface area contributed by atoms with Crippen molar-refractivity contribution in [2.24, 2.45) is 0 Å². The molecule has 0 atom stereocenters. The maximum Gasteiger partial charge on any atom is 0.370 e. The molecule has 0 fully saturated rings. The van der Waals surface area contributed by atoms with Crippen molar-refractivity contribution < 1.29 is 19.8 Å². The van der Waals surface area contributed by atoms with Gasteiger partial charge in [0.05, 0.1) is 0 Å². The van der Waals surface area contributed by atoms with Crippen LogP contribution in [0.5, 0.6) is 0 Å². The monoisotopic (exact) mass is 334 g/mol. The van der Waals surface area contributed by atoms with Gasteiger partial charge in [-0.05, 0) is 25.0 Å². The molecule has 4 heteroatoms. The lowest BCUT2D eigenvalue weighted by Crippen LogP contribution is -2.00. The Kier molecular flexibility index (Phi) is 14.4. The molecule has 0 saturated heterocycles. The first-order valence-corrected chi connectivity index (χ1v) is 8.73. The molecule has 0 bridgehead atoms. The Hall–Kier alpha value is -2.10. The average molecular weight is 334 g/mol. The Bertz CT molecular complexity index is 470. The fourth-order valence-electron chi connectivity index (χ4n) is 2.04. The second-order valence-electron chi connectivity index (χ2n) is 5.65. The van der Waals surface area contributed by atoms with Gasteiger partial charge in [-0.3, -0.25) is 4.79 Å². The molecule has 0 aromatic heterocycles. The lowest BCUT2D eigenvalue weighted by molar-refractivity contribution is -0.135.